The van der Waals surface area contributed by atoms with Crippen LogP contribution >= 0.6 is 7.82 Å². The average molecular weight is 1110 g/mol. The predicted octanol–water partition coefficient (Wildman–Crippen LogP) is 19.9. The van der Waals surface area contributed by atoms with Gasteiger partial charge in [-0.15, -0.1) is 0 Å². The van der Waals surface area contributed by atoms with Gasteiger partial charge in [0.15, 0.2) is 6.10 Å². The summed E-state index contributed by atoms with van der Waals surface area (Å²) in [5.74, 6) is -0.819. The maximum atomic E-state index is 12.8. The van der Waals surface area contributed by atoms with E-state index in [0.29, 0.717) is 17.4 Å². The quantitative estimate of drug-likeness (QED) is 0.0211. The molecule has 0 bridgehead atoms. The summed E-state index contributed by atoms with van der Waals surface area (Å²) in [5.41, 5.74) is 0. The number of carbonyl (C=O) groups excluding carboxylic acids is 2. The van der Waals surface area contributed by atoms with Crippen LogP contribution in [0.1, 0.15) is 245 Å². The summed E-state index contributed by atoms with van der Waals surface area (Å²) in [6, 6.07) is 0. The standard InChI is InChI=1S/C68H116NO8P/c1-6-8-10-12-14-16-18-20-22-24-26-28-29-30-31-32-33-34-35-36-37-38-39-41-43-45-47-49-51-53-55-57-59-61-68(71)77-66(65-76-78(72,73)75-63-62-69(3,4)5)64-74-67(70)60-58-56-54-52-50-48-46-44-42-40-27-25-23-21-19-17-15-13-11-9-7-2/h8,10,14,16,19-22,25-28,30-31,33-34,36-37,42,44,66H,6-7,9,11-13,15,17-18,23-24,29,32,35,38-41,43,45-65H2,1-5H3/p+1/b10-8-,16-14-,21-19-,22-20-,27-25-,28-26-,31-30-,34-33-,37-36-,44-42-. The van der Waals surface area contributed by atoms with Crippen molar-refractivity contribution in [1.82, 2.24) is 0 Å². The van der Waals surface area contributed by atoms with E-state index < -0.39 is 26.5 Å². The minimum atomic E-state index is -4.40. The number of unbranched alkanes of at least 4 members (excludes halogenated alkanes) is 22. The van der Waals surface area contributed by atoms with Crippen LogP contribution in [0.4, 0.5) is 0 Å². The molecule has 1 N–H and O–H groups in total. The van der Waals surface area contributed by atoms with Crippen LogP contribution < -0.4 is 0 Å². The molecule has 0 spiro atoms. The van der Waals surface area contributed by atoms with Crippen LogP contribution in [0, 0.1) is 0 Å². The molecule has 446 valence electrons. The zero-order valence-corrected chi connectivity index (χ0v) is 51.5. The lowest BCUT2D eigenvalue weighted by molar-refractivity contribution is -0.870. The van der Waals surface area contributed by atoms with Crippen LogP contribution in [0.5, 0.6) is 0 Å². The fourth-order valence-electron chi connectivity index (χ4n) is 8.18. The van der Waals surface area contributed by atoms with Gasteiger partial charge in [0.25, 0.3) is 0 Å². The smallest absolute Gasteiger partial charge is 0.462 e. The van der Waals surface area contributed by atoms with Crippen LogP contribution in [0.25, 0.3) is 0 Å². The highest BCUT2D eigenvalue weighted by Gasteiger charge is 2.27. The molecule has 78 heavy (non-hydrogen) atoms. The number of phosphoric acid groups is 1. The van der Waals surface area contributed by atoms with E-state index in [1.165, 1.54) is 96.3 Å². The molecule has 0 saturated heterocycles. The molecule has 0 radical (unpaired) electrons. The lowest BCUT2D eigenvalue weighted by Gasteiger charge is -2.24. The Morgan fingerprint density at radius 1 is 0.410 bits per heavy atom. The Morgan fingerprint density at radius 2 is 0.731 bits per heavy atom. The van der Waals surface area contributed by atoms with E-state index in [4.69, 9.17) is 18.5 Å². The van der Waals surface area contributed by atoms with Crippen LogP contribution in [0.3, 0.4) is 0 Å². The second-order valence-electron chi connectivity index (χ2n) is 21.7. The van der Waals surface area contributed by atoms with E-state index in [9.17, 15) is 19.0 Å². The van der Waals surface area contributed by atoms with Gasteiger partial charge in [0, 0.05) is 12.8 Å². The molecule has 0 aliphatic carbocycles. The minimum absolute atomic E-state index is 0.0230. The van der Waals surface area contributed by atoms with Gasteiger partial charge < -0.3 is 18.9 Å². The van der Waals surface area contributed by atoms with E-state index >= 15 is 0 Å². The first-order valence-corrected chi connectivity index (χ1v) is 32.8. The number of phosphoric ester groups is 1. The van der Waals surface area contributed by atoms with Crippen molar-refractivity contribution in [2.75, 3.05) is 47.5 Å². The van der Waals surface area contributed by atoms with Gasteiger partial charge in [0.05, 0.1) is 27.7 Å². The molecule has 0 fully saturated rings. The number of ether oxygens (including phenoxy) is 2. The van der Waals surface area contributed by atoms with Crippen molar-refractivity contribution < 1.29 is 42.1 Å². The number of hydrogen-bond donors (Lipinski definition) is 1. The van der Waals surface area contributed by atoms with Crippen molar-refractivity contribution in [2.24, 2.45) is 0 Å². The molecule has 0 aliphatic heterocycles. The number of carbonyl (C=O) groups is 2. The van der Waals surface area contributed by atoms with Gasteiger partial charge in [-0.2, -0.15) is 0 Å². The van der Waals surface area contributed by atoms with Crippen molar-refractivity contribution >= 4 is 19.8 Å². The van der Waals surface area contributed by atoms with Gasteiger partial charge >= 0.3 is 19.8 Å². The first-order chi connectivity index (χ1) is 38.0. The fourth-order valence-corrected chi connectivity index (χ4v) is 8.92. The van der Waals surface area contributed by atoms with Gasteiger partial charge in [-0.1, -0.05) is 245 Å². The Hall–Kier alpha value is -3.59. The molecule has 0 aromatic rings. The van der Waals surface area contributed by atoms with E-state index in [2.05, 4.69) is 135 Å². The molecular weight excluding hydrogens is 990 g/mol. The lowest BCUT2D eigenvalue weighted by Crippen LogP contribution is -2.37. The molecule has 10 heteroatoms. The average Bonchev–Trinajstić information content (AvgIpc) is 3.41. The van der Waals surface area contributed by atoms with Gasteiger partial charge in [0.1, 0.15) is 19.8 Å². The molecular formula is C68H117NO8P+. The molecule has 2 atom stereocenters. The van der Waals surface area contributed by atoms with Crippen molar-refractivity contribution in [2.45, 2.75) is 251 Å². The van der Waals surface area contributed by atoms with Crippen molar-refractivity contribution in [1.29, 1.82) is 0 Å². The van der Waals surface area contributed by atoms with Crippen LogP contribution in [0.2, 0.25) is 0 Å². The largest absolute Gasteiger partial charge is 0.472 e. The maximum Gasteiger partial charge on any atom is 0.472 e. The van der Waals surface area contributed by atoms with Crippen molar-refractivity contribution in [3.63, 3.8) is 0 Å². The SMILES string of the molecule is CC/C=C\C/C=C\C/C=C\C/C=C\C/C=C\C/C=C\C/C=C\CCCCCCCCCCCCCC(=O)OC(COC(=O)CCCCCCCC/C=C\C/C=C\C/C=C\CCCCCCC)COP(=O)(O)OCC[N+](C)(C)C. The topological polar surface area (TPSA) is 108 Å². The van der Waals surface area contributed by atoms with Gasteiger partial charge in [-0.05, 0) is 109 Å². The van der Waals surface area contributed by atoms with Crippen LogP contribution in [0.15, 0.2) is 122 Å². The Balaban J connectivity index is 4.17. The number of allylic oxidation sites excluding steroid dienone is 20. The number of esters is 2. The second kappa shape index (κ2) is 58.1. The zero-order chi connectivity index (χ0) is 57.0. The van der Waals surface area contributed by atoms with Crippen LogP contribution in [-0.2, 0) is 32.7 Å². The number of rotatable bonds is 56. The Labute approximate surface area is 479 Å². The summed E-state index contributed by atoms with van der Waals surface area (Å²) in [5, 5.41) is 0. The van der Waals surface area contributed by atoms with Gasteiger partial charge in [0.2, 0.25) is 0 Å². The minimum Gasteiger partial charge on any atom is -0.462 e. The molecule has 0 amide bonds. The van der Waals surface area contributed by atoms with E-state index in [-0.39, 0.29) is 32.0 Å². The second-order valence-corrected chi connectivity index (χ2v) is 23.2. The summed E-state index contributed by atoms with van der Waals surface area (Å²) in [7, 11) is 1.45. The van der Waals surface area contributed by atoms with Crippen LogP contribution in [-0.4, -0.2) is 74.9 Å². The molecule has 0 aromatic carbocycles. The van der Waals surface area contributed by atoms with Crippen molar-refractivity contribution in [3.8, 4) is 0 Å². The third-order valence-electron chi connectivity index (χ3n) is 13.0. The number of quaternary nitrogens is 1. The first kappa shape index (κ1) is 74.4. The summed E-state index contributed by atoms with van der Waals surface area (Å²) < 4.78 is 34.6. The predicted molar refractivity (Wildman–Crippen MR) is 334 cm³/mol. The monoisotopic (exact) mass is 1110 g/mol. The highest BCUT2D eigenvalue weighted by molar-refractivity contribution is 7.47. The van der Waals surface area contributed by atoms with Gasteiger partial charge in [-0.3, -0.25) is 18.6 Å². The van der Waals surface area contributed by atoms with E-state index in [1.807, 2.05) is 21.1 Å². The number of nitrogens with zero attached hydrogens (tertiary/aromatic N) is 1. The van der Waals surface area contributed by atoms with Gasteiger partial charge in [-0.25, -0.2) is 4.57 Å². The maximum absolute atomic E-state index is 12.8. The molecule has 0 aliphatic rings. The zero-order valence-electron chi connectivity index (χ0n) is 50.6. The third-order valence-corrected chi connectivity index (χ3v) is 14.0. The lowest BCUT2D eigenvalue weighted by atomic mass is 10.0. The molecule has 0 aromatic heterocycles. The summed E-state index contributed by atoms with van der Waals surface area (Å²) in [4.78, 5) is 35.8. The molecule has 0 rings (SSSR count). The third kappa shape index (κ3) is 61.6. The summed E-state index contributed by atoms with van der Waals surface area (Å²) >= 11 is 0. The Kier molecular flexibility index (Phi) is 55.4. The first-order valence-electron chi connectivity index (χ1n) is 31.3. The van der Waals surface area contributed by atoms with Crippen molar-refractivity contribution in [3.05, 3.63) is 122 Å². The van der Waals surface area contributed by atoms with E-state index in [1.54, 1.807) is 0 Å². The Morgan fingerprint density at radius 3 is 1.09 bits per heavy atom. The highest BCUT2D eigenvalue weighted by atomic mass is 31.2. The van der Waals surface area contributed by atoms with E-state index in [0.717, 1.165) is 116 Å². The highest BCUT2D eigenvalue weighted by Crippen LogP contribution is 2.43. The fraction of sp³-hybridized carbons (Fsp3) is 0.676. The molecule has 9 nitrogen and oxygen atoms in total. The summed E-state index contributed by atoms with van der Waals surface area (Å²) in [6.07, 6.45) is 82.7. The summed E-state index contributed by atoms with van der Waals surface area (Å²) in [6.45, 7) is 4.29. The Bertz CT molecular complexity index is 1730. The molecule has 0 saturated carbocycles. The molecule has 2 unspecified atom stereocenters. The molecule has 0 heterocycles. The number of hydrogen-bond acceptors (Lipinski definition) is 7. The normalized spacial score (nSPS) is 14.1. The number of likely N-dealkylation sites (N-methyl/N-ethyl adjacent to an activating group) is 1.